The number of hydrogen-bond donors (Lipinski definition) is 2. The second-order valence-electron chi connectivity index (χ2n) is 3.67. The summed E-state index contributed by atoms with van der Waals surface area (Å²) in [5.74, 6) is 0.249. The Kier molecular flexibility index (Phi) is 12.1. The van der Waals surface area contributed by atoms with Gasteiger partial charge in [-0.15, -0.1) is 0 Å². The van der Waals surface area contributed by atoms with Crippen LogP contribution >= 0.6 is 0 Å². The number of aromatic hydroxyl groups is 1. The molecule has 21 heavy (non-hydrogen) atoms. The number of phenolic OH excluding ortho intramolecular Hbond substituents is 1. The SMILES string of the molecule is CCO.Oc1ccccc1C=NCCc1c[n-]cn1.[O]=[V]. The molecule has 2 N–H and O–H groups in total. The molecule has 0 bridgehead atoms. The van der Waals surface area contributed by atoms with Crippen LogP contribution < -0.4 is 4.98 Å². The second kappa shape index (κ2) is 13.2. The number of phenols is 1. The van der Waals surface area contributed by atoms with Crippen molar-refractivity contribution in [3.63, 3.8) is 0 Å². The van der Waals surface area contributed by atoms with E-state index in [4.69, 9.17) is 8.78 Å². The Morgan fingerprint density at radius 1 is 1.38 bits per heavy atom. The van der Waals surface area contributed by atoms with Crippen molar-refractivity contribution in [2.45, 2.75) is 13.3 Å². The van der Waals surface area contributed by atoms with E-state index in [-0.39, 0.29) is 12.4 Å². The molecule has 0 atom stereocenters. The van der Waals surface area contributed by atoms with Gasteiger partial charge in [-0.3, -0.25) is 4.99 Å². The quantitative estimate of drug-likeness (QED) is 0.825. The van der Waals surface area contributed by atoms with Gasteiger partial charge in [-0.25, -0.2) is 0 Å². The van der Waals surface area contributed by atoms with Gasteiger partial charge in [0.2, 0.25) is 0 Å². The third-order valence-corrected chi connectivity index (χ3v) is 2.18. The summed E-state index contributed by atoms with van der Waals surface area (Å²) in [6, 6.07) is 7.11. The van der Waals surface area contributed by atoms with E-state index in [0.29, 0.717) is 6.54 Å². The zero-order valence-electron chi connectivity index (χ0n) is 11.8. The zero-order chi connectivity index (χ0) is 15.9. The third kappa shape index (κ3) is 8.91. The number of hydrogen-bond acceptors (Lipinski definition) is 5. The first kappa shape index (κ1) is 19.2. The number of nitrogens with zero attached hydrogens (tertiary/aromatic N) is 3. The molecule has 1 aromatic carbocycles. The summed E-state index contributed by atoms with van der Waals surface area (Å²) in [5.41, 5.74) is 1.67. The minimum absolute atomic E-state index is 0.249. The van der Waals surface area contributed by atoms with Gasteiger partial charge in [0, 0.05) is 24.9 Å². The molecule has 0 saturated heterocycles. The number of imidazole rings is 1. The average molecular weight is 327 g/mol. The number of rotatable bonds is 4. The molecule has 2 rings (SSSR count). The summed E-state index contributed by atoms with van der Waals surface area (Å²) in [7, 11) is 0. The maximum atomic E-state index is 9.48. The van der Waals surface area contributed by atoms with E-state index < -0.39 is 0 Å². The Bertz CT molecular complexity index is 504. The summed E-state index contributed by atoms with van der Waals surface area (Å²) in [4.78, 5) is 12.1. The van der Waals surface area contributed by atoms with Crippen LogP contribution in [-0.4, -0.2) is 34.6 Å². The van der Waals surface area contributed by atoms with Crippen LogP contribution in [0, 0.1) is 0 Å². The summed E-state index contributed by atoms with van der Waals surface area (Å²) >= 11 is 1.06. The molecule has 113 valence electrons. The molecule has 0 saturated carbocycles. The van der Waals surface area contributed by atoms with Crippen LogP contribution in [0.5, 0.6) is 5.75 Å². The van der Waals surface area contributed by atoms with Gasteiger partial charge < -0.3 is 20.2 Å². The summed E-state index contributed by atoms with van der Waals surface area (Å²) in [6.07, 6.45) is 5.70. The van der Waals surface area contributed by atoms with Crippen LogP contribution in [0.4, 0.5) is 0 Å². The molecule has 0 fully saturated rings. The first-order valence-corrected chi connectivity index (χ1v) is 6.83. The number of aliphatic hydroxyl groups is 1. The van der Waals surface area contributed by atoms with Gasteiger partial charge in [0.25, 0.3) is 0 Å². The molecule has 0 spiro atoms. The van der Waals surface area contributed by atoms with Gasteiger partial charge in [-0.05, 0) is 25.5 Å². The number of para-hydroxylation sites is 1. The fourth-order valence-electron chi connectivity index (χ4n) is 1.33. The van der Waals surface area contributed by atoms with Crippen molar-refractivity contribution in [3.8, 4) is 5.75 Å². The molecule has 1 aromatic heterocycles. The first-order valence-electron chi connectivity index (χ1n) is 6.26. The maximum absolute atomic E-state index is 9.48. The number of benzene rings is 1. The van der Waals surface area contributed by atoms with Gasteiger partial charge in [-0.1, -0.05) is 30.4 Å². The van der Waals surface area contributed by atoms with E-state index >= 15 is 0 Å². The fraction of sp³-hybridized carbons (Fsp3) is 0.286. The van der Waals surface area contributed by atoms with Crippen LogP contribution in [0.2, 0.25) is 0 Å². The first-order chi connectivity index (χ1) is 10.3. The van der Waals surface area contributed by atoms with Crippen molar-refractivity contribution >= 4 is 6.21 Å². The van der Waals surface area contributed by atoms with Crippen molar-refractivity contribution in [3.05, 3.63) is 48.0 Å². The van der Waals surface area contributed by atoms with Crippen LogP contribution in [-0.2, 0) is 27.5 Å². The van der Waals surface area contributed by atoms with E-state index in [1.165, 1.54) is 6.33 Å². The van der Waals surface area contributed by atoms with E-state index in [0.717, 1.165) is 35.0 Å². The van der Waals surface area contributed by atoms with Crippen molar-refractivity contribution in [1.82, 2.24) is 9.97 Å². The standard InChI is InChI=1S/C12H12N3O.C2H6O.O.V/c16-12-4-2-1-3-10(12)7-13-6-5-11-8-14-9-15-11;1-2-3;;/h1-4,7-9H,5-6H2,(H-,13,14,15,16);3H,2H2,1H3;;/q-1;;;. The molecule has 0 aliphatic rings. The van der Waals surface area contributed by atoms with Crippen molar-refractivity contribution in [2.24, 2.45) is 4.99 Å². The van der Waals surface area contributed by atoms with Gasteiger partial charge in [0.1, 0.15) is 5.75 Å². The molecule has 0 radical (unpaired) electrons. The number of aromatic nitrogens is 2. The number of aliphatic imine (C=N–C) groups is 1. The second-order valence-corrected chi connectivity index (χ2v) is 3.67. The van der Waals surface area contributed by atoms with Gasteiger partial charge >= 0.3 is 21.0 Å². The predicted molar refractivity (Wildman–Crippen MR) is 75.3 cm³/mol. The summed E-state index contributed by atoms with van der Waals surface area (Å²) in [5, 5.41) is 17.0. The predicted octanol–water partition coefficient (Wildman–Crippen LogP) is 1.28. The number of aliphatic hydroxyl groups excluding tert-OH is 1. The van der Waals surface area contributed by atoms with Gasteiger partial charge in [-0.2, -0.15) is 0 Å². The molecule has 0 unspecified atom stereocenters. The fourth-order valence-corrected chi connectivity index (χ4v) is 1.33. The van der Waals surface area contributed by atoms with Gasteiger partial charge in [0.05, 0.1) is 0 Å². The van der Waals surface area contributed by atoms with Crippen molar-refractivity contribution in [2.75, 3.05) is 13.2 Å². The zero-order valence-corrected chi connectivity index (χ0v) is 13.2. The molecular weight excluding hydrogens is 309 g/mol. The van der Waals surface area contributed by atoms with Crippen LogP contribution in [0.25, 0.3) is 0 Å². The Hall–Kier alpha value is -1.76. The Balaban J connectivity index is 0.000000713. The van der Waals surface area contributed by atoms with Crippen LogP contribution in [0.1, 0.15) is 18.2 Å². The van der Waals surface area contributed by atoms with E-state index in [1.807, 2.05) is 12.1 Å². The molecule has 0 aliphatic heterocycles. The van der Waals surface area contributed by atoms with Crippen molar-refractivity contribution < 1.29 is 31.3 Å². The third-order valence-electron chi connectivity index (χ3n) is 2.18. The Labute approximate surface area is 133 Å². The summed E-state index contributed by atoms with van der Waals surface area (Å²) < 4.78 is 8.19. The van der Waals surface area contributed by atoms with E-state index in [1.54, 1.807) is 31.5 Å². The van der Waals surface area contributed by atoms with Crippen LogP contribution in [0.15, 0.2) is 41.8 Å². The topological polar surface area (TPSA) is 96.9 Å². The normalized spacial score (nSPS) is 9.38. The molecule has 2 aromatic rings. The van der Waals surface area contributed by atoms with Crippen LogP contribution in [0.3, 0.4) is 0 Å². The Morgan fingerprint density at radius 2 is 2.05 bits per heavy atom. The Morgan fingerprint density at radius 3 is 2.62 bits per heavy atom. The van der Waals surface area contributed by atoms with E-state index in [2.05, 4.69) is 15.0 Å². The molecule has 0 amide bonds. The summed E-state index contributed by atoms with van der Waals surface area (Å²) in [6.45, 7) is 2.58. The average Bonchev–Trinajstić information content (AvgIpc) is 3.02. The molecule has 1 heterocycles. The molecule has 6 nitrogen and oxygen atoms in total. The van der Waals surface area contributed by atoms with Gasteiger partial charge in [0.15, 0.2) is 0 Å². The minimum atomic E-state index is 0.249. The molecule has 7 heteroatoms. The molecule has 0 aliphatic carbocycles. The van der Waals surface area contributed by atoms with E-state index in [9.17, 15) is 5.11 Å². The monoisotopic (exact) mass is 327 g/mol. The molecular formula is C14H18N3O3V-. The van der Waals surface area contributed by atoms with Crippen molar-refractivity contribution in [1.29, 1.82) is 0 Å².